The number of fused-ring (bicyclic) bond motifs is 1. The van der Waals surface area contributed by atoms with Gasteiger partial charge < -0.3 is 10.1 Å². The molecule has 2 aromatic rings. The summed E-state index contributed by atoms with van der Waals surface area (Å²) in [6.07, 6.45) is 2.04. The zero-order valence-corrected chi connectivity index (χ0v) is 16.6. The second kappa shape index (κ2) is 8.18. The molecular weight excluding hydrogens is 370 g/mol. The van der Waals surface area contributed by atoms with Gasteiger partial charge in [0.2, 0.25) is 5.91 Å². The molecule has 0 aliphatic carbocycles. The monoisotopic (exact) mass is 391 g/mol. The molecule has 26 heavy (non-hydrogen) atoms. The van der Waals surface area contributed by atoms with Crippen LogP contribution in [0.5, 0.6) is 0 Å². The van der Waals surface area contributed by atoms with Crippen molar-refractivity contribution in [2.24, 2.45) is 0 Å². The Balaban J connectivity index is 2.01. The fourth-order valence-corrected chi connectivity index (χ4v) is 4.53. The molecule has 3 rings (SSSR count). The number of carbonyl (C=O) groups excluding carboxylic acids is 2. The predicted octanol–water partition coefficient (Wildman–Crippen LogP) is 3.25. The van der Waals surface area contributed by atoms with Gasteiger partial charge in [0.1, 0.15) is 12.4 Å². The third-order valence-corrected chi connectivity index (χ3v) is 6.09. The molecule has 0 saturated heterocycles. The van der Waals surface area contributed by atoms with Gasteiger partial charge in [-0.25, -0.2) is 4.68 Å². The minimum absolute atomic E-state index is 0.0178. The number of amides is 1. The number of benzene rings is 1. The van der Waals surface area contributed by atoms with E-state index in [2.05, 4.69) is 34.7 Å². The van der Waals surface area contributed by atoms with Gasteiger partial charge in [0.25, 0.3) is 0 Å². The van der Waals surface area contributed by atoms with Gasteiger partial charge in [-0.05, 0) is 37.8 Å². The number of nitrogens with zero attached hydrogens (tertiary/aromatic N) is 2. The van der Waals surface area contributed by atoms with Crippen molar-refractivity contribution in [3.8, 4) is 0 Å². The van der Waals surface area contributed by atoms with E-state index in [-0.39, 0.29) is 23.7 Å². The highest BCUT2D eigenvalue weighted by molar-refractivity contribution is 8.00. The lowest BCUT2D eigenvalue weighted by atomic mass is 10.0. The van der Waals surface area contributed by atoms with Gasteiger partial charge in [0.15, 0.2) is 0 Å². The van der Waals surface area contributed by atoms with E-state index in [1.807, 2.05) is 13.2 Å². The highest BCUT2D eigenvalue weighted by atomic mass is 32.2. The summed E-state index contributed by atoms with van der Waals surface area (Å²) < 4.78 is 6.56. The topological polar surface area (TPSA) is 73.2 Å². The normalized spacial score (nSPS) is 16.6. The molecule has 0 radical (unpaired) electrons. The number of nitrogens with one attached hydrogen (secondary N) is 1. The van der Waals surface area contributed by atoms with Crippen LogP contribution < -0.4 is 5.32 Å². The summed E-state index contributed by atoms with van der Waals surface area (Å²) in [5.74, 6) is 0.474. The van der Waals surface area contributed by atoms with Crippen molar-refractivity contribution < 1.29 is 14.3 Å². The van der Waals surface area contributed by atoms with Crippen LogP contribution in [-0.2, 0) is 20.9 Å². The first-order valence-corrected chi connectivity index (χ1v) is 10.6. The maximum Gasteiger partial charge on any atom is 0.327 e. The van der Waals surface area contributed by atoms with E-state index in [1.54, 1.807) is 30.4 Å². The fraction of sp³-hybridized carbons (Fsp3) is 0.389. The number of hydrogen-bond acceptors (Lipinski definition) is 6. The molecule has 1 N–H and O–H groups in total. The Morgan fingerprint density at radius 2 is 2.15 bits per heavy atom. The lowest BCUT2D eigenvalue weighted by Gasteiger charge is -2.15. The SMILES string of the molecule is CCOC(=O)Cn1nc(C)c2c1NC(=O)CSC2c1ccc(SC)cc1. The van der Waals surface area contributed by atoms with Crippen LogP contribution in [0.2, 0.25) is 0 Å². The number of carbonyl (C=O) groups is 2. The van der Waals surface area contributed by atoms with Gasteiger partial charge in [0.05, 0.1) is 23.3 Å². The number of aromatic nitrogens is 2. The lowest BCUT2D eigenvalue weighted by molar-refractivity contribution is -0.144. The molecule has 1 aliphatic heterocycles. The second-order valence-electron chi connectivity index (χ2n) is 5.82. The zero-order chi connectivity index (χ0) is 18.7. The minimum atomic E-state index is -0.371. The molecule has 0 spiro atoms. The molecule has 1 aromatic heterocycles. The Kier molecular flexibility index (Phi) is 5.93. The molecule has 0 bridgehead atoms. The Morgan fingerprint density at radius 1 is 1.42 bits per heavy atom. The van der Waals surface area contributed by atoms with Crippen molar-refractivity contribution in [2.45, 2.75) is 30.5 Å². The van der Waals surface area contributed by atoms with Crippen LogP contribution >= 0.6 is 23.5 Å². The van der Waals surface area contributed by atoms with Gasteiger partial charge in [-0.3, -0.25) is 9.59 Å². The molecule has 8 heteroatoms. The highest BCUT2D eigenvalue weighted by Gasteiger charge is 2.30. The smallest absolute Gasteiger partial charge is 0.327 e. The van der Waals surface area contributed by atoms with E-state index >= 15 is 0 Å². The Hall–Kier alpha value is -1.93. The third-order valence-electron chi connectivity index (χ3n) is 4.08. The van der Waals surface area contributed by atoms with Crippen molar-refractivity contribution in [3.05, 3.63) is 41.1 Å². The van der Waals surface area contributed by atoms with Gasteiger partial charge in [-0.2, -0.15) is 5.10 Å². The van der Waals surface area contributed by atoms with E-state index in [1.165, 1.54) is 9.58 Å². The largest absolute Gasteiger partial charge is 0.465 e. The molecule has 6 nitrogen and oxygen atoms in total. The quantitative estimate of drug-likeness (QED) is 0.623. The Morgan fingerprint density at radius 3 is 2.81 bits per heavy atom. The number of thioether (sulfide) groups is 2. The minimum Gasteiger partial charge on any atom is -0.465 e. The van der Waals surface area contributed by atoms with Gasteiger partial charge in [-0.15, -0.1) is 23.5 Å². The molecule has 1 amide bonds. The summed E-state index contributed by atoms with van der Waals surface area (Å²) in [7, 11) is 0. The van der Waals surface area contributed by atoms with Gasteiger partial charge in [0, 0.05) is 10.5 Å². The Labute approximate surface area is 161 Å². The van der Waals surface area contributed by atoms with Crippen LogP contribution in [-0.4, -0.2) is 40.3 Å². The van der Waals surface area contributed by atoms with Crippen LogP contribution in [0.3, 0.4) is 0 Å². The summed E-state index contributed by atoms with van der Waals surface area (Å²) in [6, 6.07) is 8.34. The number of aryl methyl sites for hydroxylation is 1. The van der Waals surface area contributed by atoms with Crippen molar-refractivity contribution in [1.82, 2.24) is 9.78 Å². The first-order chi connectivity index (χ1) is 12.5. The number of rotatable bonds is 5. The van der Waals surface area contributed by atoms with Gasteiger partial charge in [-0.1, -0.05) is 12.1 Å². The van der Waals surface area contributed by atoms with E-state index in [0.29, 0.717) is 18.2 Å². The predicted molar refractivity (Wildman–Crippen MR) is 105 cm³/mol. The lowest BCUT2D eigenvalue weighted by Crippen LogP contribution is -2.20. The number of ether oxygens (including phenoxy) is 1. The van der Waals surface area contributed by atoms with E-state index in [4.69, 9.17) is 4.74 Å². The summed E-state index contributed by atoms with van der Waals surface area (Å²) in [4.78, 5) is 25.3. The third kappa shape index (κ3) is 3.91. The van der Waals surface area contributed by atoms with Crippen molar-refractivity contribution in [3.63, 3.8) is 0 Å². The number of anilines is 1. The molecule has 0 fully saturated rings. The number of hydrogen-bond donors (Lipinski definition) is 1. The van der Waals surface area contributed by atoms with Crippen LogP contribution in [0.15, 0.2) is 29.2 Å². The van der Waals surface area contributed by atoms with E-state index < -0.39 is 0 Å². The first kappa shape index (κ1) is 18.8. The Bertz CT molecular complexity index is 818. The van der Waals surface area contributed by atoms with E-state index in [0.717, 1.165) is 16.8 Å². The van der Waals surface area contributed by atoms with Crippen LogP contribution in [0.4, 0.5) is 5.82 Å². The first-order valence-electron chi connectivity index (χ1n) is 8.31. The van der Waals surface area contributed by atoms with Crippen LogP contribution in [0.1, 0.15) is 29.0 Å². The molecule has 138 valence electrons. The number of esters is 1. The average molecular weight is 392 g/mol. The maximum atomic E-state index is 12.2. The van der Waals surface area contributed by atoms with Crippen molar-refractivity contribution in [2.75, 3.05) is 23.9 Å². The van der Waals surface area contributed by atoms with Crippen LogP contribution in [0, 0.1) is 6.92 Å². The molecule has 0 saturated carbocycles. The molecule has 1 unspecified atom stereocenters. The van der Waals surface area contributed by atoms with E-state index in [9.17, 15) is 9.59 Å². The molecule has 1 aliphatic rings. The molecular formula is C18H21N3O3S2. The highest BCUT2D eigenvalue weighted by Crippen LogP contribution is 2.43. The van der Waals surface area contributed by atoms with Gasteiger partial charge >= 0.3 is 5.97 Å². The average Bonchev–Trinajstić information content (AvgIpc) is 2.80. The fourth-order valence-electron chi connectivity index (χ4n) is 2.94. The molecule has 1 atom stereocenters. The summed E-state index contributed by atoms with van der Waals surface area (Å²) in [5.41, 5.74) is 2.87. The summed E-state index contributed by atoms with van der Waals surface area (Å²) in [5, 5.41) is 7.38. The van der Waals surface area contributed by atoms with Crippen molar-refractivity contribution >= 4 is 41.2 Å². The molecule has 2 heterocycles. The zero-order valence-electron chi connectivity index (χ0n) is 14.9. The van der Waals surface area contributed by atoms with Crippen LogP contribution in [0.25, 0.3) is 0 Å². The molecule has 1 aromatic carbocycles. The van der Waals surface area contributed by atoms with Crippen molar-refractivity contribution in [1.29, 1.82) is 0 Å². The maximum absolute atomic E-state index is 12.2. The summed E-state index contributed by atoms with van der Waals surface area (Å²) in [6.45, 7) is 3.96. The summed E-state index contributed by atoms with van der Waals surface area (Å²) >= 11 is 3.26. The second-order valence-corrected chi connectivity index (χ2v) is 7.80. The standard InChI is InChI=1S/C18H21N3O3S2/c1-4-24-15(23)9-21-18-16(11(2)20-21)17(26-10-14(22)19-18)12-5-7-13(25-3)8-6-12/h5-8,17H,4,9-10H2,1-3H3,(H,19,22).